The number of rotatable bonds is 9. The van der Waals surface area contributed by atoms with Crippen LogP contribution in [0.5, 0.6) is 0 Å². The van der Waals surface area contributed by atoms with E-state index in [1.165, 1.54) is 0 Å². The lowest BCUT2D eigenvalue weighted by Crippen LogP contribution is -2.35. The first-order valence-corrected chi connectivity index (χ1v) is 8.48. The third-order valence-electron chi connectivity index (χ3n) is 3.44. The second kappa shape index (κ2) is 9.57. The van der Waals surface area contributed by atoms with Crippen molar-refractivity contribution in [2.24, 2.45) is 5.92 Å². The molecule has 0 aromatic heterocycles. The Bertz CT molecular complexity index is 410. The first-order chi connectivity index (χ1) is 9.88. The maximum absolute atomic E-state index is 10.3. The lowest BCUT2D eigenvalue weighted by atomic mass is 10.1. The predicted octanol–water partition coefficient (Wildman–Crippen LogP) is 3.39. The molecule has 120 valence electrons. The van der Waals surface area contributed by atoms with Crippen molar-refractivity contribution in [2.75, 3.05) is 40.3 Å². The van der Waals surface area contributed by atoms with Gasteiger partial charge in [-0.1, -0.05) is 41.9 Å². The molecular formula is C17H29BrN2O. The molecule has 0 amide bonds. The van der Waals surface area contributed by atoms with Crippen LogP contribution in [-0.2, 0) is 0 Å². The Morgan fingerprint density at radius 2 is 1.86 bits per heavy atom. The summed E-state index contributed by atoms with van der Waals surface area (Å²) in [5.41, 5.74) is 0.987. The van der Waals surface area contributed by atoms with Gasteiger partial charge in [-0.15, -0.1) is 0 Å². The highest BCUT2D eigenvalue weighted by molar-refractivity contribution is 9.10. The maximum Gasteiger partial charge on any atom is 0.0802 e. The van der Waals surface area contributed by atoms with Gasteiger partial charge in [-0.25, -0.2) is 0 Å². The van der Waals surface area contributed by atoms with E-state index in [1.807, 2.05) is 24.3 Å². The summed E-state index contributed by atoms with van der Waals surface area (Å²) >= 11 is 3.46. The standard InChI is InChI=1S/C17H29BrN2O/c1-14(2)13-20(11-10-19(3)4)9-8-17(21)15-6-5-7-16(18)12-15/h5-7,12,14,17,21H,8-11,13H2,1-4H3. The zero-order chi connectivity index (χ0) is 15.8. The Hall–Kier alpha value is -0.420. The molecule has 4 heteroatoms. The molecular weight excluding hydrogens is 328 g/mol. The van der Waals surface area contributed by atoms with E-state index in [0.717, 1.165) is 42.6 Å². The fourth-order valence-corrected chi connectivity index (χ4v) is 2.75. The minimum atomic E-state index is -0.392. The topological polar surface area (TPSA) is 26.7 Å². The van der Waals surface area contributed by atoms with Gasteiger partial charge in [-0.05, 0) is 44.1 Å². The van der Waals surface area contributed by atoms with Crippen molar-refractivity contribution < 1.29 is 5.11 Å². The summed E-state index contributed by atoms with van der Waals surface area (Å²) in [7, 11) is 4.20. The largest absolute Gasteiger partial charge is 0.388 e. The molecule has 0 saturated carbocycles. The van der Waals surface area contributed by atoms with E-state index in [0.29, 0.717) is 5.92 Å². The van der Waals surface area contributed by atoms with Crippen LogP contribution in [0.15, 0.2) is 28.7 Å². The van der Waals surface area contributed by atoms with Crippen molar-refractivity contribution in [1.29, 1.82) is 0 Å². The molecule has 1 atom stereocenters. The second-order valence-electron chi connectivity index (χ2n) is 6.36. The van der Waals surface area contributed by atoms with Gasteiger partial charge in [0.15, 0.2) is 0 Å². The summed E-state index contributed by atoms with van der Waals surface area (Å²) in [6.07, 6.45) is 0.382. The highest BCUT2D eigenvalue weighted by Gasteiger charge is 2.12. The van der Waals surface area contributed by atoms with Gasteiger partial charge < -0.3 is 14.9 Å². The van der Waals surface area contributed by atoms with E-state index in [4.69, 9.17) is 0 Å². The Labute approximate surface area is 138 Å². The third kappa shape index (κ3) is 7.96. The Morgan fingerprint density at radius 3 is 2.43 bits per heavy atom. The van der Waals surface area contributed by atoms with Gasteiger partial charge in [-0.3, -0.25) is 0 Å². The number of benzene rings is 1. The van der Waals surface area contributed by atoms with E-state index in [1.54, 1.807) is 0 Å². The van der Waals surface area contributed by atoms with Crippen molar-refractivity contribution in [3.8, 4) is 0 Å². The third-order valence-corrected chi connectivity index (χ3v) is 3.93. The molecule has 21 heavy (non-hydrogen) atoms. The first kappa shape index (κ1) is 18.6. The van der Waals surface area contributed by atoms with Gasteiger partial charge in [0.05, 0.1) is 6.10 Å². The maximum atomic E-state index is 10.3. The van der Waals surface area contributed by atoms with Crippen molar-refractivity contribution in [2.45, 2.75) is 26.4 Å². The average molecular weight is 357 g/mol. The molecule has 1 N–H and O–H groups in total. The molecule has 0 aliphatic rings. The van der Waals surface area contributed by atoms with Crippen LogP contribution in [0.4, 0.5) is 0 Å². The molecule has 0 radical (unpaired) electrons. The minimum Gasteiger partial charge on any atom is -0.388 e. The highest BCUT2D eigenvalue weighted by Crippen LogP contribution is 2.21. The summed E-state index contributed by atoms with van der Waals surface area (Å²) in [5.74, 6) is 0.648. The molecule has 0 aliphatic carbocycles. The lowest BCUT2D eigenvalue weighted by Gasteiger charge is -2.26. The van der Waals surface area contributed by atoms with Gasteiger partial charge in [0.2, 0.25) is 0 Å². The van der Waals surface area contributed by atoms with E-state index in [9.17, 15) is 5.11 Å². The monoisotopic (exact) mass is 356 g/mol. The lowest BCUT2D eigenvalue weighted by molar-refractivity contribution is 0.133. The number of aliphatic hydroxyl groups excluding tert-OH is 1. The number of likely N-dealkylation sites (N-methyl/N-ethyl adjacent to an activating group) is 1. The Morgan fingerprint density at radius 1 is 1.14 bits per heavy atom. The zero-order valence-corrected chi connectivity index (χ0v) is 15.3. The van der Waals surface area contributed by atoms with E-state index in [-0.39, 0.29) is 0 Å². The Kier molecular flexibility index (Phi) is 8.49. The van der Waals surface area contributed by atoms with Gasteiger partial charge in [0, 0.05) is 30.7 Å². The number of aliphatic hydroxyl groups is 1. The minimum absolute atomic E-state index is 0.392. The van der Waals surface area contributed by atoms with Crippen LogP contribution in [0.2, 0.25) is 0 Å². The quantitative estimate of drug-likeness (QED) is 0.734. The number of halogens is 1. The summed E-state index contributed by atoms with van der Waals surface area (Å²) in [5, 5.41) is 10.3. The normalized spacial score (nSPS) is 13.4. The van der Waals surface area contributed by atoms with Crippen LogP contribution in [0.25, 0.3) is 0 Å². The first-order valence-electron chi connectivity index (χ1n) is 7.69. The van der Waals surface area contributed by atoms with Crippen molar-refractivity contribution in [3.05, 3.63) is 34.3 Å². The van der Waals surface area contributed by atoms with Crippen molar-refractivity contribution in [1.82, 2.24) is 9.80 Å². The average Bonchev–Trinajstić information content (AvgIpc) is 2.40. The molecule has 0 aliphatic heterocycles. The molecule has 3 nitrogen and oxygen atoms in total. The number of hydrogen-bond donors (Lipinski definition) is 1. The second-order valence-corrected chi connectivity index (χ2v) is 7.27. The SMILES string of the molecule is CC(C)CN(CCC(O)c1cccc(Br)c1)CCN(C)C. The van der Waals surface area contributed by atoms with Crippen LogP contribution in [0.3, 0.4) is 0 Å². The molecule has 1 aromatic carbocycles. The Balaban J connectivity index is 2.50. The van der Waals surface area contributed by atoms with E-state index < -0.39 is 6.10 Å². The van der Waals surface area contributed by atoms with Gasteiger partial charge in [0.1, 0.15) is 0 Å². The fraction of sp³-hybridized carbons (Fsp3) is 0.647. The van der Waals surface area contributed by atoms with E-state index in [2.05, 4.69) is 53.7 Å². The molecule has 1 rings (SSSR count). The molecule has 1 unspecified atom stereocenters. The van der Waals surface area contributed by atoms with Crippen molar-refractivity contribution >= 4 is 15.9 Å². The predicted molar refractivity (Wildman–Crippen MR) is 93.6 cm³/mol. The van der Waals surface area contributed by atoms with Crippen LogP contribution < -0.4 is 0 Å². The van der Waals surface area contributed by atoms with E-state index >= 15 is 0 Å². The molecule has 0 bridgehead atoms. The van der Waals surface area contributed by atoms with Gasteiger partial charge in [0.25, 0.3) is 0 Å². The van der Waals surface area contributed by atoms with Crippen LogP contribution in [0.1, 0.15) is 31.9 Å². The zero-order valence-electron chi connectivity index (χ0n) is 13.7. The highest BCUT2D eigenvalue weighted by atomic mass is 79.9. The van der Waals surface area contributed by atoms with Crippen LogP contribution in [0, 0.1) is 5.92 Å². The molecule has 1 aromatic rings. The fourth-order valence-electron chi connectivity index (χ4n) is 2.34. The van der Waals surface area contributed by atoms with Crippen LogP contribution in [-0.4, -0.2) is 55.2 Å². The molecule has 0 fully saturated rings. The smallest absolute Gasteiger partial charge is 0.0802 e. The molecule has 0 saturated heterocycles. The van der Waals surface area contributed by atoms with Gasteiger partial charge >= 0.3 is 0 Å². The number of hydrogen-bond acceptors (Lipinski definition) is 3. The van der Waals surface area contributed by atoms with Crippen molar-refractivity contribution in [3.63, 3.8) is 0 Å². The summed E-state index contributed by atoms with van der Waals surface area (Å²) in [6.45, 7) is 8.61. The molecule has 0 heterocycles. The summed E-state index contributed by atoms with van der Waals surface area (Å²) < 4.78 is 1.02. The summed E-state index contributed by atoms with van der Waals surface area (Å²) in [4.78, 5) is 4.66. The molecule has 0 spiro atoms. The van der Waals surface area contributed by atoms with Crippen LogP contribution >= 0.6 is 15.9 Å². The summed E-state index contributed by atoms with van der Waals surface area (Å²) in [6, 6.07) is 7.94. The number of nitrogens with zero attached hydrogens (tertiary/aromatic N) is 2. The van der Waals surface area contributed by atoms with Gasteiger partial charge in [-0.2, -0.15) is 0 Å².